The van der Waals surface area contributed by atoms with Gasteiger partial charge in [0.15, 0.2) is 0 Å². The average Bonchev–Trinajstić information content (AvgIpc) is 2.70. The quantitative estimate of drug-likeness (QED) is 0.841. The molecular weight excluding hydrogens is 326 g/mol. The van der Waals surface area contributed by atoms with Crippen molar-refractivity contribution in [2.75, 3.05) is 6.54 Å². The average molecular weight is 353 g/mol. The highest BCUT2D eigenvalue weighted by molar-refractivity contribution is 5.73. The van der Waals surface area contributed by atoms with Crippen molar-refractivity contribution in [2.24, 2.45) is 0 Å². The minimum atomic E-state index is 0.0984. The minimum absolute atomic E-state index is 0.0984. The van der Waals surface area contributed by atoms with Crippen molar-refractivity contribution >= 4 is 12.0 Å². The fraction of sp³-hybridized carbons (Fsp3) is 0.450. The first-order valence-corrected chi connectivity index (χ1v) is 9.13. The van der Waals surface area contributed by atoms with Gasteiger partial charge in [-0.3, -0.25) is 14.8 Å². The number of piperidine rings is 1. The normalized spacial score (nSPS) is 19.3. The lowest BCUT2D eigenvalue weighted by atomic mass is 9.92. The highest BCUT2D eigenvalue weighted by Gasteiger charge is 2.30. The molecule has 1 amide bonds. The zero-order valence-electron chi connectivity index (χ0n) is 16.0. The predicted octanol–water partition coefficient (Wildman–Crippen LogP) is 3.72. The number of hydrogen-bond donors (Lipinski definition) is 0. The van der Waals surface area contributed by atoms with E-state index in [0.29, 0.717) is 12.2 Å². The van der Waals surface area contributed by atoms with E-state index >= 15 is 0 Å². The molecule has 2 aromatic heterocycles. The van der Waals surface area contributed by atoms with Gasteiger partial charge in [-0.05, 0) is 31.9 Å². The van der Waals surface area contributed by atoms with Gasteiger partial charge in [-0.15, -0.1) is 0 Å². The van der Waals surface area contributed by atoms with Crippen LogP contribution >= 0.6 is 0 Å². The lowest BCUT2D eigenvalue weighted by Gasteiger charge is -2.37. The largest absolute Gasteiger partial charge is 0.340 e. The van der Waals surface area contributed by atoms with Gasteiger partial charge in [0.1, 0.15) is 11.5 Å². The van der Waals surface area contributed by atoms with Crippen LogP contribution in [0.5, 0.6) is 0 Å². The van der Waals surface area contributed by atoms with E-state index in [0.717, 1.165) is 30.1 Å². The Morgan fingerprint density at radius 1 is 1.23 bits per heavy atom. The summed E-state index contributed by atoms with van der Waals surface area (Å²) >= 11 is 0. The van der Waals surface area contributed by atoms with Crippen LogP contribution in [0, 0.1) is 0 Å². The maximum absolute atomic E-state index is 11.8. The molecular formula is C20H27N5O. The molecule has 0 bridgehead atoms. The van der Waals surface area contributed by atoms with Gasteiger partial charge in [-0.25, -0.2) is 9.97 Å². The smallest absolute Gasteiger partial charge is 0.219 e. The summed E-state index contributed by atoms with van der Waals surface area (Å²) in [7, 11) is 0. The topological polar surface area (TPSA) is 71.9 Å². The third-order valence-electron chi connectivity index (χ3n) is 4.45. The van der Waals surface area contributed by atoms with Gasteiger partial charge in [0.05, 0.1) is 17.6 Å². The Labute approximate surface area is 155 Å². The number of carbonyl (C=O) groups is 1. The number of aromatic nitrogens is 4. The summed E-state index contributed by atoms with van der Waals surface area (Å²) in [5.74, 6) is 0.966. The van der Waals surface area contributed by atoms with Crippen molar-refractivity contribution in [3.8, 4) is 11.4 Å². The van der Waals surface area contributed by atoms with Crippen LogP contribution in [0.25, 0.3) is 17.5 Å². The van der Waals surface area contributed by atoms with Gasteiger partial charge >= 0.3 is 0 Å². The lowest BCUT2D eigenvalue weighted by Crippen LogP contribution is -2.44. The molecule has 1 aliphatic rings. The maximum atomic E-state index is 11.8. The SMILES string of the molecule is C=Cc1cc(-c2cnccn2)nc([C@@H]2CC[C@H](C)N(C(C)=O)C2)n1.CC. The van der Waals surface area contributed by atoms with E-state index in [4.69, 9.17) is 4.98 Å². The highest BCUT2D eigenvalue weighted by atomic mass is 16.2. The first kappa shape index (κ1) is 19.7. The summed E-state index contributed by atoms with van der Waals surface area (Å²) in [6.07, 6.45) is 8.58. The van der Waals surface area contributed by atoms with E-state index in [1.807, 2.05) is 24.8 Å². The Bertz CT molecular complexity index is 747. The van der Waals surface area contributed by atoms with Crippen molar-refractivity contribution in [3.05, 3.63) is 42.8 Å². The lowest BCUT2D eigenvalue weighted by molar-refractivity contribution is -0.132. The molecule has 3 heterocycles. The molecule has 6 nitrogen and oxygen atoms in total. The third kappa shape index (κ3) is 4.50. The van der Waals surface area contributed by atoms with E-state index in [-0.39, 0.29) is 17.9 Å². The third-order valence-corrected chi connectivity index (χ3v) is 4.45. The second-order valence-corrected chi connectivity index (χ2v) is 6.13. The Morgan fingerprint density at radius 3 is 2.62 bits per heavy atom. The molecule has 0 saturated carbocycles. The molecule has 1 fully saturated rings. The summed E-state index contributed by atoms with van der Waals surface area (Å²) in [6.45, 7) is 12.2. The van der Waals surface area contributed by atoms with Crippen molar-refractivity contribution < 1.29 is 4.79 Å². The van der Waals surface area contributed by atoms with Crippen LogP contribution in [0.3, 0.4) is 0 Å². The van der Waals surface area contributed by atoms with Gasteiger partial charge in [-0.1, -0.05) is 20.4 Å². The summed E-state index contributed by atoms with van der Waals surface area (Å²) in [6, 6.07) is 2.12. The van der Waals surface area contributed by atoms with E-state index in [9.17, 15) is 4.79 Å². The van der Waals surface area contributed by atoms with Crippen LogP contribution in [0.2, 0.25) is 0 Å². The molecule has 6 heteroatoms. The number of amides is 1. The van der Waals surface area contributed by atoms with Crippen LogP contribution in [0.15, 0.2) is 31.2 Å². The van der Waals surface area contributed by atoms with E-state index < -0.39 is 0 Å². The molecule has 0 aliphatic carbocycles. The first-order chi connectivity index (χ1) is 12.6. The zero-order valence-corrected chi connectivity index (χ0v) is 16.0. The molecule has 0 radical (unpaired) electrons. The fourth-order valence-electron chi connectivity index (χ4n) is 3.09. The summed E-state index contributed by atoms with van der Waals surface area (Å²) in [5.41, 5.74) is 2.20. The molecule has 0 N–H and O–H groups in total. The highest BCUT2D eigenvalue weighted by Crippen LogP contribution is 2.29. The van der Waals surface area contributed by atoms with Crippen LogP contribution < -0.4 is 0 Å². The maximum Gasteiger partial charge on any atom is 0.219 e. The standard InChI is InChI=1S/C18H21N5O.C2H6/c1-4-15-9-16(17-10-19-7-8-20-17)22-18(21-15)14-6-5-12(2)23(11-14)13(3)24;1-2/h4,7-10,12,14H,1,5-6,11H2,2-3H3;1-2H3/t12-,14+;/m0./s1. The van der Waals surface area contributed by atoms with Crippen LogP contribution in [-0.2, 0) is 4.79 Å². The first-order valence-electron chi connectivity index (χ1n) is 9.13. The molecule has 26 heavy (non-hydrogen) atoms. The van der Waals surface area contributed by atoms with Gasteiger partial charge in [0.25, 0.3) is 0 Å². The summed E-state index contributed by atoms with van der Waals surface area (Å²) < 4.78 is 0. The van der Waals surface area contributed by atoms with E-state index in [1.165, 1.54) is 0 Å². The van der Waals surface area contributed by atoms with Crippen molar-refractivity contribution in [3.63, 3.8) is 0 Å². The predicted molar refractivity (Wildman–Crippen MR) is 103 cm³/mol. The Kier molecular flexibility index (Phi) is 6.95. The fourth-order valence-corrected chi connectivity index (χ4v) is 3.09. The van der Waals surface area contributed by atoms with Gasteiger partial charge < -0.3 is 4.90 Å². The van der Waals surface area contributed by atoms with Gasteiger partial charge in [0.2, 0.25) is 5.91 Å². The van der Waals surface area contributed by atoms with Crippen LogP contribution in [-0.4, -0.2) is 43.3 Å². The molecule has 0 unspecified atom stereocenters. The second kappa shape index (κ2) is 9.17. The van der Waals surface area contributed by atoms with Gasteiger partial charge in [0, 0.05) is 37.8 Å². The van der Waals surface area contributed by atoms with Crippen molar-refractivity contribution in [1.82, 2.24) is 24.8 Å². The number of carbonyl (C=O) groups excluding carboxylic acids is 1. The molecule has 2 aromatic rings. The molecule has 3 rings (SSSR count). The Morgan fingerprint density at radius 2 is 2.00 bits per heavy atom. The monoisotopic (exact) mass is 353 g/mol. The molecule has 0 spiro atoms. The molecule has 1 aliphatic heterocycles. The van der Waals surface area contributed by atoms with Crippen molar-refractivity contribution in [1.29, 1.82) is 0 Å². The Balaban J connectivity index is 0.00000117. The second-order valence-electron chi connectivity index (χ2n) is 6.13. The molecule has 1 saturated heterocycles. The number of nitrogens with zero attached hydrogens (tertiary/aromatic N) is 5. The number of rotatable bonds is 3. The number of hydrogen-bond acceptors (Lipinski definition) is 5. The van der Waals surface area contributed by atoms with Crippen LogP contribution in [0.4, 0.5) is 0 Å². The molecule has 138 valence electrons. The molecule has 2 atom stereocenters. The summed E-state index contributed by atoms with van der Waals surface area (Å²) in [5, 5.41) is 0. The summed E-state index contributed by atoms with van der Waals surface area (Å²) in [4.78, 5) is 31.5. The number of likely N-dealkylation sites (tertiary alicyclic amines) is 1. The van der Waals surface area contributed by atoms with E-state index in [1.54, 1.807) is 31.6 Å². The van der Waals surface area contributed by atoms with Crippen LogP contribution in [0.1, 0.15) is 58.0 Å². The molecule has 0 aromatic carbocycles. The van der Waals surface area contributed by atoms with Crippen molar-refractivity contribution in [2.45, 2.75) is 52.5 Å². The zero-order chi connectivity index (χ0) is 19.1. The van der Waals surface area contributed by atoms with E-state index in [2.05, 4.69) is 28.5 Å². The minimum Gasteiger partial charge on any atom is -0.340 e. The van der Waals surface area contributed by atoms with Gasteiger partial charge in [-0.2, -0.15) is 0 Å². The Hall–Kier alpha value is -2.63.